The molecule has 0 atom stereocenters. The minimum Gasteiger partial charge on any atom is -0.452 e. The number of carbonyl (C=O) groups excluding carboxylic acids is 2. The molecule has 0 aliphatic rings. The normalized spacial score (nSPS) is 11.3. The van der Waals surface area contributed by atoms with Gasteiger partial charge in [0.2, 0.25) is 0 Å². The summed E-state index contributed by atoms with van der Waals surface area (Å²) in [6.45, 7) is -0.629. The number of alkyl halides is 3. The fourth-order valence-electron chi connectivity index (χ4n) is 3.01. The number of aromatic nitrogens is 3. The van der Waals surface area contributed by atoms with Crippen LogP contribution in [0.4, 0.5) is 18.9 Å². The van der Waals surface area contributed by atoms with Crippen LogP contribution in [0, 0.1) is 0 Å². The number of amides is 1. The van der Waals surface area contributed by atoms with Gasteiger partial charge >= 0.3 is 12.1 Å². The highest BCUT2D eigenvalue weighted by Crippen LogP contribution is 2.29. The Hall–Kier alpha value is -4.21. The Labute approximate surface area is 179 Å². The maximum atomic E-state index is 12.6. The first-order valence-electron chi connectivity index (χ1n) is 9.35. The lowest BCUT2D eigenvalue weighted by atomic mass is 10.1. The molecule has 0 saturated heterocycles. The van der Waals surface area contributed by atoms with Gasteiger partial charge in [0.25, 0.3) is 5.91 Å². The summed E-state index contributed by atoms with van der Waals surface area (Å²) in [5, 5.41) is 6.57. The van der Waals surface area contributed by atoms with Crippen molar-refractivity contribution in [2.45, 2.75) is 6.18 Å². The number of rotatable bonds is 5. The lowest BCUT2D eigenvalue weighted by Gasteiger charge is -2.09. The Morgan fingerprint density at radius 1 is 1.00 bits per heavy atom. The van der Waals surface area contributed by atoms with Gasteiger partial charge in [-0.2, -0.15) is 18.3 Å². The van der Waals surface area contributed by atoms with Crippen LogP contribution >= 0.6 is 0 Å². The third kappa shape index (κ3) is 4.43. The van der Waals surface area contributed by atoms with E-state index in [1.807, 2.05) is 30.3 Å². The highest BCUT2D eigenvalue weighted by molar-refractivity contribution is 5.98. The summed E-state index contributed by atoms with van der Waals surface area (Å²) in [7, 11) is 0. The van der Waals surface area contributed by atoms with Crippen LogP contribution in [0.15, 0.2) is 73.1 Å². The van der Waals surface area contributed by atoms with Gasteiger partial charge < -0.3 is 10.1 Å². The Morgan fingerprint density at radius 2 is 1.72 bits per heavy atom. The molecule has 0 saturated carbocycles. The third-order valence-corrected chi connectivity index (χ3v) is 4.52. The smallest absolute Gasteiger partial charge is 0.416 e. The van der Waals surface area contributed by atoms with Gasteiger partial charge in [-0.15, -0.1) is 0 Å². The standard InChI is InChI=1S/C22H15F3N4O3/c23-22(24,25)15-6-8-16(9-7-15)28-19(30)13-32-21(31)17-12-27-29-18(10-11-26-20(17)29)14-4-2-1-3-5-14/h1-12H,13H2,(H,28,30). The van der Waals surface area contributed by atoms with E-state index in [4.69, 9.17) is 4.74 Å². The van der Waals surface area contributed by atoms with Gasteiger partial charge in [0, 0.05) is 17.4 Å². The molecule has 10 heteroatoms. The molecular weight excluding hydrogens is 425 g/mol. The van der Waals surface area contributed by atoms with Crippen LogP contribution in [0.3, 0.4) is 0 Å². The molecule has 2 aromatic heterocycles. The van der Waals surface area contributed by atoms with Gasteiger partial charge in [-0.25, -0.2) is 14.3 Å². The van der Waals surface area contributed by atoms with Crippen LogP contribution in [0.25, 0.3) is 16.9 Å². The molecule has 0 bridgehead atoms. The second-order valence-corrected chi connectivity index (χ2v) is 6.69. The molecule has 7 nitrogen and oxygen atoms in total. The van der Waals surface area contributed by atoms with Gasteiger partial charge in [0.15, 0.2) is 12.3 Å². The molecule has 2 heterocycles. The Kier molecular flexibility index (Phi) is 5.59. The largest absolute Gasteiger partial charge is 0.452 e. The summed E-state index contributed by atoms with van der Waals surface area (Å²) in [4.78, 5) is 28.7. The number of hydrogen-bond acceptors (Lipinski definition) is 5. The lowest BCUT2D eigenvalue weighted by Crippen LogP contribution is -2.21. The quantitative estimate of drug-likeness (QED) is 0.470. The van der Waals surface area contributed by atoms with Crippen LogP contribution in [0.5, 0.6) is 0 Å². The number of anilines is 1. The minimum atomic E-state index is -4.47. The number of fused-ring (bicyclic) bond motifs is 1. The topological polar surface area (TPSA) is 85.6 Å². The Balaban J connectivity index is 1.43. The van der Waals surface area contributed by atoms with Crippen molar-refractivity contribution in [3.05, 3.63) is 84.2 Å². The molecule has 0 radical (unpaired) electrons. The van der Waals surface area contributed by atoms with E-state index in [2.05, 4.69) is 15.4 Å². The molecule has 4 rings (SSSR count). The van der Waals surface area contributed by atoms with E-state index in [-0.39, 0.29) is 16.9 Å². The van der Waals surface area contributed by atoms with E-state index in [9.17, 15) is 22.8 Å². The summed E-state index contributed by atoms with van der Waals surface area (Å²) >= 11 is 0. The molecule has 0 aliphatic heterocycles. The minimum absolute atomic E-state index is 0.0742. The van der Waals surface area contributed by atoms with Crippen LogP contribution < -0.4 is 5.32 Å². The zero-order valence-corrected chi connectivity index (χ0v) is 16.3. The SMILES string of the molecule is O=C(COC(=O)c1cnn2c(-c3ccccc3)ccnc12)Nc1ccc(C(F)(F)F)cc1. The van der Waals surface area contributed by atoms with Crippen LogP contribution in [0.1, 0.15) is 15.9 Å². The van der Waals surface area contributed by atoms with Gasteiger partial charge in [0.1, 0.15) is 5.56 Å². The summed E-state index contributed by atoms with van der Waals surface area (Å²) in [6.07, 6.45) is -1.64. The van der Waals surface area contributed by atoms with E-state index in [0.29, 0.717) is 0 Å². The predicted octanol–water partition coefficient (Wildman–Crippen LogP) is 4.21. The maximum absolute atomic E-state index is 12.6. The Morgan fingerprint density at radius 3 is 2.41 bits per heavy atom. The highest BCUT2D eigenvalue weighted by atomic mass is 19.4. The van der Waals surface area contributed by atoms with Crippen molar-refractivity contribution in [2.75, 3.05) is 11.9 Å². The van der Waals surface area contributed by atoms with E-state index < -0.39 is 30.2 Å². The second kappa shape index (κ2) is 8.50. The van der Waals surface area contributed by atoms with Crippen molar-refractivity contribution in [1.82, 2.24) is 14.6 Å². The van der Waals surface area contributed by atoms with Crippen LogP contribution in [0.2, 0.25) is 0 Å². The fourth-order valence-corrected chi connectivity index (χ4v) is 3.01. The maximum Gasteiger partial charge on any atom is 0.416 e. The van der Waals surface area contributed by atoms with E-state index in [1.54, 1.807) is 6.07 Å². The number of nitrogens with zero attached hydrogens (tertiary/aromatic N) is 3. The predicted molar refractivity (Wildman–Crippen MR) is 109 cm³/mol. The van der Waals surface area contributed by atoms with Crippen molar-refractivity contribution >= 4 is 23.2 Å². The van der Waals surface area contributed by atoms with E-state index in [0.717, 1.165) is 35.5 Å². The summed E-state index contributed by atoms with van der Waals surface area (Å²) < 4.78 is 44.3. The van der Waals surface area contributed by atoms with Crippen molar-refractivity contribution in [1.29, 1.82) is 0 Å². The third-order valence-electron chi connectivity index (χ3n) is 4.52. The monoisotopic (exact) mass is 440 g/mol. The van der Waals surface area contributed by atoms with Crippen molar-refractivity contribution < 1.29 is 27.5 Å². The number of nitrogens with one attached hydrogen (secondary N) is 1. The first kappa shape index (κ1) is 21.0. The average Bonchev–Trinajstić information content (AvgIpc) is 3.22. The molecule has 0 aliphatic carbocycles. The molecule has 0 fully saturated rings. The number of ether oxygens (including phenoxy) is 1. The van der Waals surface area contributed by atoms with E-state index in [1.165, 1.54) is 16.9 Å². The second-order valence-electron chi connectivity index (χ2n) is 6.69. The zero-order valence-electron chi connectivity index (χ0n) is 16.3. The molecule has 4 aromatic rings. The van der Waals surface area contributed by atoms with Gasteiger partial charge in [-0.05, 0) is 30.3 Å². The molecule has 32 heavy (non-hydrogen) atoms. The molecule has 1 amide bonds. The molecule has 1 N–H and O–H groups in total. The summed E-state index contributed by atoms with van der Waals surface area (Å²) in [6, 6.07) is 15.1. The number of benzene rings is 2. The molecule has 162 valence electrons. The molecule has 0 unspecified atom stereocenters. The van der Waals surface area contributed by atoms with Gasteiger partial charge in [0.05, 0.1) is 17.5 Å². The lowest BCUT2D eigenvalue weighted by molar-refractivity contribution is -0.137. The number of hydrogen-bond donors (Lipinski definition) is 1. The van der Waals surface area contributed by atoms with Crippen molar-refractivity contribution in [3.8, 4) is 11.3 Å². The first-order valence-corrected chi connectivity index (χ1v) is 9.35. The Bertz CT molecular complexity index is 1270. The van der Waals surface area contributed by atoms with Crippen molar-refractivity contribution in [3.63, 3.8) is 0 Å². The molecule has 2 aromatic carbocycles. The molecule has 0 spiro atoms. The first-order chi connectivity index (χ1) is 15.3. The van der Waals surface area contributed by atoms with Gasteiger partial charge in [-0.1, -0.05) is 30.3 Å². The fraction of sp³-hybridized carbons (Fsp3) is 0.0909. The van der Waals surface area contributed by atoms with Gasteiger partial charge in [-0.3, -0.25) is 4.79 Å². The zero-order chi connectivity index (χ0) is 22.7. The number of esters is 1. The van der Waals surface area contributed by atoms with Crippen molar-refractivity contribution in [2.24, 2.45) is 0 Å². The van der Waals surface area contributed by atoms with Crippen LogP contribution in [-0.2, 0) is 15.7 Å². The molecular formula is C22H15F3N4O3. The highest BCUT2D eigenvalue weighted by Gasteiger charge is 2.30. The number of carbonyl (C=O) groups is 2. The average molecular weight is 440 g/mol. The number of halogens is 3. The van der Waals surface area contributed by atoms with Crippen LogP contribution in [-0.4, -0.2) is 33.1 Å². The van der Waals surface area contributed by atoms with E-state index >= 15 is 0 Å². The summed E-state index contributed by atoms with van der Waals surface area (Å²) in [5.41, 5.74) is 1.24. The summed E-state index contributed by atoms with van der Waals surface area (Å²) in [5.74, 6) is -1.51.